The molecule has 2 aliphatic rings. The summed E-state index contributed by atoms with van der Waals surface area (Å²) in [6, 6.07) is 23.4. The van der Waals surface area contributed by atoms with Crippen LogP contribution in [-0.2, 0) is 17.3 Å². The molecule has 0 fully saturated rings. The quantitative estimate of drug-likeness (QED) is 0.239. The van der Waals surface area contributed by atoms with Crippen LogP contribution in [0, 0.1) is 6.92 Å². The van der Waals surface area contributed by atoms with Crippen molar-refractivity contribution in [3.63, 3.8) is 0 Å². The first-order valence-electron chi connectivity index (χ1n) is 14.7. The van der Waals surface area contributed by atoms with Gasteiger partial charge in [-0.05, 0) is 42.9 Å². The van der Waals surface area contributed by atoms with Crippen molar-refractivity contribution < 1.29 is 17.9 Å². The molecule has 3 aromatic carbocycles. The summed E-state index contributed by atoms with van der Waals surface area (Å²) in [5, 5.41) is 0.456. The summed E-state index contributed by atoms with van der Waals surface area (Å²) in [6.45, 7) is 8.43. The predicted molar refractivity (Wildman–Crippen MR) is 182 cm³/mol. The molecule has 9 heteroatoms. The standard InChI is InChI=1S/C31H27ClF3N3O.C5H12S/c1-20-23(14-9-15-25(20)31(33,34)35)16-28-27(19-39-2)37-30-26(17-24(32)18-38(28)30)36-29(21-10-5-3-6-11-21)22-12-7-4-8-13-22;1-5(2,3)6-4/h3-15,17-18,27-28H,16,19H2,1-2H3;1-4H3. The summed E-state index contributed by atoms with van der Waals surface area (Å²) in [5.41, 5.74) is 3.40. The van der Waals surface area contributed by atoms with E-state index in [4.69, 9.17) is 26.3 Å². The minimum Gasteiger partial charge on any atom is -0.382 e. The summed E-state index contributed by atoms with van der Waals surface area (Å²) < 4.78 is 46.8. The minimum atomic E-state index is -4.42. The van der Waals surface area contributed by atoms with Crippen LogP contribution in [0.15, 0.2) is 112 Å². The molecule has 2 unspecified atom stereocenters. The van der Waals surface area contributed by atoms with E-state index in [9.17, 15) is 13.2 Å². The van der Waals surface area contributed by atoms with Crippen molar-refractivity contribution in [1.29, 1.82) is 0 Å². The van der Waals surface area contributed by atoms with Gasteiger partial charge in [-0.1, -0.05) is 105 Å². The van der Waals surface area contributed by atoms with E-state index in [2.05, 4.69) is 27.0 Å². The molecule has 238 valence electrons. The molecule has 4 nitrogen and oxygen atoms in total. The molecule has 0 amide bonds. The summed E-state index contributed by atoms with van der Waals surface area (Å²) in [6.07, 6.45) is 1.57. The summed E-state index contributed by atoms with van der Waals surface area (Å²) in [7, 11) is 1.59. The normalized spacial score (nSPS) is 17.8. The fourth-order valence-electron chi connectivity index (χ4n) is 5.05. The number of alkyl halides is 3. The third kappa shape index (κ3) is 8.90. The molecule has 2 aliphatic heterocycles. The van der Waals surface area contributed by atoms with E-state index in [1.807, 2.05) is 77.3 Å². The second-order valence-electron chi connectivity index (χ2n) is 11.8. The van der Waals surface area contributed by atoms with Crippen LogP contribution in [0.4, 0.5) is 13.2 Å². The van der Waals surface area contributed by atoms with Gasteiger partial charge in [-0.15, -0.1) is 0 Å². The van der Waals surface area contributed by atoms with E-state index >= 15 is 0 Å². The summed E-state index contributed by atoms with van der Waals surface area (Å²) in [4.78, 5) is 11.9. The lowest BCUT2D eigenvalue weighted by molar-refractivity contribution is -0.138. The molecule has 0 saturated carbocycles. The monoisotopic (exact) mass is 653 g/mol. The highest BCUT2D eigenvalue weighted by Gasteiger charge is 2.40. The Labute approximate surface area is 273 Å². The molecule has 0 radical (unpaired) electrons. The van der Waals surface area contributed by atoms with Crippen molar-refractivity contribution in [3.05, 3.63) is 130 Å². The van der Waals surface area contributed by atoms with Gasteiger partial charge in [0, 0.05) is 29.2 Å². The van der Waals surface area contributed by atoms with E-state index in [1.54, 1.807) is 25.5 Å². The maximum absolute atomic E-state index is 13.6. The number of aliphatic imine (C=N–C) groups is 2. The number of hydrogen-bond donors (Lipinski definition) is 0. The van der Waals surface area contributed by atoms with Gasteiger partial charge in [0.15, 0.2) is 5.84 Å². The van der Waals surface area contributed by atoms with Gasteiger partial charge >= 0.3 is 6.18 Å². The average molecular weight is 654 g/mol. The zero-order valence-corrected chi connectivity index (χ0v) is 28.0. The third-order valence-electron chi connectivity index (χ3n) is 7.56. The lowest BCUT2D eigenvalue weighted by Crippen LogP contribution is -2.41. The zero-order valence-electron chi connectivity index (χ0n) is 26.4. The molecular formula is C36H39ClF3N3OS. The molecular weight excluding hydrogens is 615 g/mol. The van der Waals surface area contributed by atoms with Gasteiger partial charge in [-0.3, -0.25) is 4.99 Å². The Balaban J connectivity index is 0.000000700. The van der Waals surface area contributed by atoms with Crippen molar-refractivity contribution in [1.82, 2.24) is 4.90 Å². The SMILES string of the molecule is COCC1N=C2C(N=C(c3ccccc3)c3ccccc3)=CC(Cl)=CN2C1Cc1cccc(C(F)(F)F)c1C.CSC(C)(C)C. The number of rotatable bonds is 7. The van der Waals surface area contributed by atoms with E-state index in [0.717, 1.165) is 22.9 Å². The van der Waals surface area contributed by atoms with E-state index in [-0.39, 0.29) is 17.6 Å². The number of amidine groups is 1. The topological polar surface area (TPSA) is 37.2 Å². The molecule has 0 aromatic heterocycles. The van der Waals surface area contributed by atoms with Crippen LogP contribution in [-0.4, -0.2) is 53.3 Å². The van der Waals surface area contributed by atoms with Gasteiger partial charge in [-0.25, -0.2) is 4.99 Å². The second kappa shape index (κ2) is 14.8. The summed E-state index contributed by atoms with van der Waals surface area (Å²) >= 11 is 8.48. The number of hydrogen-bond acceptors (Lipinski definition) is 5. The minimum absolute atomic E-state index is 0.214. The highest BCUT2D eigenvalue weighted by Crippen LogP contribution is 2.36. The Hall–Kier alpha value is -3.33. The highest BCUT2D eigenvalue weighted by atomic mass is 35.5. The number of allylic oxidation sites excluding steroid dienone is 2. The number of fused-ring (bicyclic) bond motifs is 1. The number of benzene rings is 3. The molecule has 0 aliphatic carbocycles. The van der Waals surface area contributed by atoms with Gasteiger partial charge in [-0.2, -0.15) is 24.9 Å². The van der Waals surface area contributed by atoms with Crippen LogP contribution in [0.5, 0.6) is 0 Å². The number of halogens is 4. The van der Waals surface area contributed by atoms with Crippen molar-refractivity contribution in [3.8, 4) is 0 Å². The first-order valence-corrected chi connectivity index (χ1v) is 16.3. The maximum Gasteiger partial charge on any atom is 0.416 e. The highest BCUT2D eigenvalue weighted by molar-refractivity contribution is 7.99. The smallest absolute Gasteiger partial charge is 0.382 e. The second-order valence-corrected chi connectivity index (χ2v) is 13.9. The Kier molecular flexibility index (Phi) is 11.4. The Morgan fingerprint density at radius 1 is 0.956 bits per heavy atom. The van der Waals surface area contributed by atoms with Gasteiger partial charge in [0.25, 0.3) is 0 Å². The largest absolute Gasteiger partial charge is 0.416 e. The number of ether oxygens (including phenoxy) is 1. The Morgan fingerprint density at radius 2 is 1.53 bits per heavy atom. The first kappa shape index (κ1) is 34.5. The van der Waals surface area contributed by atoms with E-state index < -0.39 is 11.7 Å². The molecule has 5 rings (SSSR count). The van der Waals surface area contributed by atoms with Crippen LogP contribution >= 0.6 is 23.4 Å². The predicted octanol–water partition coefficient (Wildman–Crippen LogP) is 9.32. The van der Waals surface area contributed by atoms with Crippen LogP contribution in [0.25, 0.3) is 0 Å². The molecule has 0 N–H and O–H groups in total. The lowest BCUT2D eigenvalue weighted by Gasteiger charge is -2.30. The fourth-order valence-corrected chi connectivity index (χ4v) is 5.26. The Bertz CT molecular complexity index is 1540. The molecule has 0 spiro atoms. The maximum atomic E-state index is 13.6. The molecule has 45 heavy (non-hydrogen) atoms. The number of thioether (sulfide) groups is 1. The van der Waals surface area contributed by atoms with Crippen molar-refractivity contribution in [2.45, 2.75) is 57.1 Å². The van der Waals surface area contributed by atoms with Gasteiger partial charge < -0.3 is 9.64 Å². The summed E-state index contributed by atoms with van der Waals surface area (Å²) in [5.74, 6) is 0.612. The molecule has 2 heterocycles. The van der Waals surface area contributed by atoms with E-state index in [0.29, 0.717) is 39.9 Å². The van der Waals surface area contributed by atoms with Crippen molar-refractivity contribution in [2.75, 3.05) is 20.0 Å². The average Bonchev–Trinajstić information content (AvgIpc) is 3.33. The number of nitrogens with zero attached hydrogens (tertiary/aromatic N) is 3. The van der Waals surface area contributed by atoms with Gasteiger partial charge in [0.05, 0.1) is 35.0 Å². The van der Waals surface area contributed by atoms with Crippen molar-refractivity contribution in [2.24, 2.45) is 9.98 Å². The molecule has 0 saturated heterocycles. The van der Waals surface area contributed by atoms with Gasteiger partial charge in [0.1, 0.15) is 5.70 Å². The van der Waals surface area contributed by atoms with Crippen LogP contribution in [0.2, 0.25) is 0 Å². The zero-order chi connectivity index (χ0) is 32.8. The van der Waals surface area contributed by atoms with Crippen LogP contribution in [0.3, 0.4) is 0 Å². The van der Waals surface area contributed by atoms with Gasteiger partial charge in [0.2, 0.25) is 0 Å². The number of methoxy groups -OCH3 is 1. The molecule has 3 aromatic rings. The van der Waals surface area contributed by atoms with Crippen LogP contribution < -0.4 is 0 Å². The van der Waals surface area contributed by atoms with E-state index in [1.165, 1.54) is 13.0 Å². The van der Waals surface area contributed by atoms with Crippen molar-refractivity contribution >= 4 is 34.9 Å². The third-order valence-corrected chi connectivity index (χ3v) is 8.99. The Morgan fingerprint density at radius 3 is 2.04 bits per heavy atom. The van der Waals surface area contributed by atoms with Crippen LogP contribution in [0.1, 0.15) is 48.6 Å². The molecule has 0 bridgehead atoms. The first-order chi connectivity index (χ1) is 21.3. The fraction of sp³-hybridized carbons (Fsp3) is 0.333. The lowest BCUT2D eigenvalue weighted by atomic mass is 9.93. The molecule has 2 atom stereocenters.